The van der Waals surface area contributed by atoms with Gasteiger partial charge < -0.3 is 14.8 Å². The molecule has 178 valence electrons. The zero-order valence-electron chi connectivity index (χ0n) is 18.6. The van der Waals surface area contributed by atoms with Gasteiger partial charge in [0.1, 0.15) is 0 Å². The molecule has 1 aliphatic rings. The molecule has 1 saturated heterocycles. The van der Waals surface area contributed by atoms with Crippen LogP contribution in [0.2, 0.25) is 0 Å². The summed E-state index contributed by atoms with van der Waals surface area (Å²) in [5.41, 5.74) is 1.43. The van der Waals surface area contributed by atoms with Crippen LogP contribution in [-0.4, -0.2) is 75.5 Å². The van der Waals surface area contributed by atoms with Gasteiger partial charge in [-0.15, -0.1) is 0 Å². The number of nitrogens with zero attached hydrogens (tertiary/aromatic N) is 2. The number of ether oxygens (including phenoxy) is 2. The third-order valence-electron chi connectivity index (χ3n) is 5.02. The van der Waals surface area contributed by atoms with E-state index in [0.717, 1.165) is 5.56 Å². The third kappa shape index (κ3) is 7.36. The van der Waals surface area contributed by atoms with Crippen molar-refractivity contribution >= 4 is 27.6 Å². The van der Waals surface area contributed by atoms with E-state index in [2.05, 4.69) is 5.32 Å². The molecule has 0 spiro atoms. The van der Waals surface area contributed by atoms with Crippen molar-refractivity contribution in [3.63, 3.8) is 0 Å². The molecule has 10 heteroatoms. The first-order valence-electron chi connectivity index (χ1n) is 10.8. The molecule has 1 amide bonds. The number of morpholine rings is 1. The van der Waals surface area contributed by atoms with E-state index in [1.807, 2.05) is 30.3 Å². The second-order valence-corrected chi connectivity index (χ2v) is 9.46. The van der Waals surface area contributed by atoms with Gasteiger partial charge in [0, 0.05) is 25.3 Å². The third-order valence-corrected chi connectivity index (χ3v) is 6.93. The van der Waals surface area contributed by atoms with Crippen LogP contribution >= 0.6 is 0 Å². The Balaban J connectivity index is 1.62. The highest BCUT2D eigenvalue weighted by Gasteiger charge is 2.26. The number of esters is 1. The number of hydrogen-bond acceptors (Lipinski definition) is 7. The Kier molecular flexibility index (Phi) is 8.95. The molecule has 0 atom stereocenters. The fraction of sp³-hybridized carbons (Fsp3) is 0.391. The van der Waals surface area contributed by atoms with Crippen molar-refractivity contribution in [1.82, 2.24) is 9.21 Å². The molecule has 9 nitrogen and oxygen atoms in total. The topological polar surface area (TPSA) is 105 Å². The van der Waals surface area contributed by atoms with E-state index >= 15 is 0 Å². The van der Waals surface area contributed by atoms with Crippen LogP contribution in [0.25, 0.3) is 0 Å². The molecule has 2 aromatic carbocycles. The number of hydrogen-bond donors (Lipinski definition) is 1. The van der Waals surface area contributed by atoms with Crippen molar-refractivity contribution in [2.24, 2.45) is 0 Å². The second-order valence-electron chi connectivity index (χ2n) is 7.52. The molecule has 0 bridgehead atoms. The van der Waals surface area contributed by atoms with E-state index in [1.54, 1.807) is 24.0 Å². The van der Waals surface area contributed by atoms with Crippen molar-refractivity contribution in [2.45, 2.75) is 18.4 Å². The highest BCUT2D eigenvalue weighted by molar-refractivity contribution is 7.89. The van der Waals surface area contributed by atoms with E-state index < -0.39 is 16.0 Å². The highest BCUT2D eigenvalue weighted by atomic mass is 32.2. The van der Waals surface area contributed by atoms with Gasteiger partial charge in [-0.25, -0.2) is 8.42 Å². The van der Waals surface area contributed by atoms with Crippen molar-refractivity contribution in [3.8, 4) is 0 Å². The summed E-state index contributed by atoms with van der Waals surface area (Å²) >= 11 is 0. The van der Waals surface area contributed by atoms with Crippen LogP contribution in [0, 0.1) is 0 Å². The first-order valence-corrected chi connectivity index (χ1v) is 12.2. The minimum atomic E-state index is -3.60. The minimum absolute atomic E-state index is 0.0209. The summed E-state index contributed by atoms with van der Waals surface area (Å²) in [4.78, 5) is 26.5. The Bertz CT molecular complexity index is 1020. The number of sulfonamides is 1. The predicted molar refractivity (Wildman–Crippen MR) is 123 cm³/mol. The number of amides is 1. The maximum atomic E-state index is 12.7. The van der Waals surface area contributed by atoms with Crippen LogP contribution in [0.4, 0.5) is 5.69 Å². The number of rotatable bonds is 10. The quantitative estimate of drug-likeness (QED) is 0.522. The summed E-state index contributed by atoms with van der Waals surface area (Å²) in [6.07, 6.45) is 0. The molecular weight excluding hydrogens is 446 g/mol. The molecule has 1 heterocycles. The van der Waals surface area contributed by atoms with E-state index in [9.17, 15) is 18.0 Å². The number of nitrogens with one attached hydrogen (secondary N) is 1. The van der Waals surface area contributed by atoms with Crippen LogP contribution in [0.3, 0.4) is 0 Å². The fourth-order valence-corrected chi connectivity index (χ4v) is 4.86. The van der Waals surface area contributed by atoms with Crippen molar-refractivity contribution in [1.29, 1.82) is 0 Å². The van der Waals surface area contributed by atoms with Crippen LogP contribution in [0.15, 0.2) is 59.5 Å². The summed E-state index contributed by atoms with van der Waals surface area (Å²) in [5, 5.41) is 2.76. The Morgan fingerprint density at radius 3 is 2.33 bits per heavy atom. The average molecular weight is 476 g/mol. The summed E-state index contributed by atoms with van der Waals surface area (Å²) in [6.45, 7) is 3.74. The first-order chi connectivity index (χ1) is 15.9. The van der Waals surface area contributed by atoms with Crippen LogP contribution < -0.4 is 5.32 Å². The smallest absolute Gasteiger partial charge is 0.320 e. The Labute approximate surface area is 194 Å². The number of carbonyl (C=O) groups excluding carboxylic acids is 2. The minimum Gasteiger partial charge on any atom is -0.465 e. The zero-order chi connectivity index (χ0) is 23.7. The van der Waals surface area contributed by atoms with Crippen molar-refractivity contribution < 1.29 is 27.5 Å². The van der Waals surface area contributed by atoms with Crippen LogP contribution in [0.5, 0.6) is 0 Å². The predicted octanol–water partition coefficient (Wildman–Crippen LogP) is 1.71. The molecule has 3 rings (SSSR count). The average Bonchev–Trinajstić information content (AvgIpc) is 2.80. The standard InChI is InChI=1S/C23H29N3O6S/c1-2-32-23(28)18-25(16-19-6-4-3-5-7-19)17-22(27)24-20-8-10-21(11-9-20)33(29,30)26-12-14-31-15-13-26/h3-11H,2,12-18H2,1H3,(H,24,27). The zero-order valence-corrected chi connectivity index (χ0v) is 19.4. The van der Waals surface area contributed by atoms with Gasteiger partial charge in [0.2, 0.25) is 15.9 Å². The van der Waals surface area contributed by atoms with E-state index in [0.29, 0.717) is 38.5 Å². The van der Waals surface area contributed by atoms with E-state index in [1.165, 1.54) is 16.4 Å². The summed E-state index contributed by atoms with van der Waals surface area (Å²) < 4.78 is 37.1. The lowest BCUT2D eigenvalue weighted by molar-refractivity contribution is -0.144. The lowest BCUT2D eigenvalue weighted by Gasteiger charge is -2.26. The second kappa shape index (κ2) is 11.9. The lowest BCUT2D eigenvalue weighted by atomic mass is 10.2. The molecule has 1 N–H and O–H groups in total. The summed E-state index contributed by atoms with van der Waals surface area (Å²) in [5.74, 6) is -0.724. The summed E-state index contributed by atoms with van der Waals surface area (Å²) in [6, 6.07) is 15.6. The Hall–Kier alpha value is -2.79. The lowest BCUT2D eigenvalue weighted by Crippen LogP contribution is -2.40. The molecule has 2 aromatic rings. The molecule has 1 aliphatic heterocycles. The summed E-state index contributed by atoms with van der Waals surface area (Å²) in [7, 11) is -3.60. The van der Waals surface area contributed by atoms with Crippen molar-refractivity contribution in [3.05, 3.63) is 60.2 Å². The maximum Gasteiger partial charge on any atom is 0.320 e. The van der Waals surface area contributed by atoms with Crippen LogP contribution in [-0.2, 0) is 35.6 Å². The van der Waals surface area contributed by atoms with Crippen LogP contribution in [0.1, 0.15) is 12.5 Å². The van der Waals surface area contributed by atoms with Gasteiger partial charge in [0.15, 0.2) is 0 Å². The normalized spacial score (nSPS) is 14.7. The van der Waals surface area contributed by atoms with Gasteiger partial charge in [0.25, 0.3) is 0 Å². The maximum absolute atomic E-state index is 12.7. The van der Waals surface area contributed by atoms with E-state index in [-0.39, 0.29) is 30.5 Å². The molecule has 0 saturated carbocycles. The van der Waals surface area contributed by atoms with Gasteiger partial charge in [-0.1, -0.05) is 30.3 Å². The molecule has 0 aliphatic carbocycles. The van der Waals surface area contributed by atoms with Gasteiger partial charge in [-0.05, 0) is 36.8 Å². The monoisotopic (exact) mass is 475 g/mol. The molecule has 0 unspecified atom stereocenters. The largest absolute Gasteiger partial charge is 0.465 e. The van der Waals surface area contributed by atoms with Gasteiger partial charge in [0.05, 0.1) is 37.8 Å². The Morgan fingerprint density at radius 2 is 1.70 bits per heavy atom. The van der Waals surface area contributed by atoms with Gasteiger partial charge in [-0.2, -0.15) is 4.31 Å². The molecule has 1 fully saturated rings. The molecule has 0 radical (unpaired) electrons. The van der Waals surface area contributed by atoms with Gasteiger partial charge >= 0.3 is 5.97 Å². The first kappa shape index (κ1) is 24.8. The number of carbonyl (C=O) groups is 2. The number of anilines is 1. The SMILES string of the molecule is CCOC(=O)CN(CC(=O)Nc1ccc(S(=O)(=O)N2CCOCC2)cc1)Cc1ccccc1. The highest BCUT2D eigenvalue weighted by Crippen LogP contribution is 2.19. The molecule has 0 aromatic heterocycles. The van der Waals surface area contributed by atoms with Gasteiger partial charge in [-0.3, -0.25) is 14.5 Å². The fourth-order valence-electron chi connectivity index (χ4n) is 3.45. The molecule has 33 heavy (non-hydrogen) atoms. The molecular formula is C23H29N3O6S. The number of benzene rings is 2. The Morgan fingerprint density at radius 1 is 1.03 bits per heavy atom. The van der Waals surface area contributed by atoms with E-state index in [4.69, 9.17) is 9.47 Å². The van der Waals surface area contributed by atoms with Crippen molar-refractivity contribution in [2.75, 3.05) is 51.3 Å².